The van der Waals surface area contributed by atoms with Crippen LogP contribution in [0.5, 0.6) is 0 Å². The summed E-state index contributed by atoms with van der Waals surface area (Å²) in [5.41, 5.74) is 1.20. The summed E-state index contributed by atoms with van der Waals surface area (Å²) in [5, 5.41) is 3.10. The van der Waals surface area contributed by atoms with Crippen LogP contribution >= 0.6 is 0 Å². The molecule has 2 saturated carbocycles. The molecule has 1 N–H and O–H groups in total. The van der Waals surface area contributed by atoms with Crippen LogP contribution in [0.4, 0.5) is 0 Å². The van der Waals surface area contributed by atoms with Crippen LogP contribution in [0.25, 0.3) is 0 Å². The fourth-order valence-corrected chi connectivity index (χ4v) is 3.73. The van der Waals surface area contributed by atoms with E-state index in [1.807, 2.05) is 23.1 Å². The van der Waals surface area contributed by atoms with E-state index in [0.717, 1.165) is 32.2 Å². The fraction of sp³-hybridized carbons (Fsp3) is 0.600. The first kappa shape index (κ1) is 15.7. The van der Waals surface area contributed by atoms with Gasteiger partial charge in [-0.3, -0.25) is 9.59 Å². The Hall–Kier alpha value is -1.84. The van der Waals surface area contributed by atoms with Crippen LogP contribution in [0, 0.1) is 17.8 Å². The number of benzene rings is 1. The van der Waals surface area contributed by atoms with Crippen molar-refractivity contribution in [1.29, 1.82) is 0 Å². The Balaban J connectivity index is 1.46. The van der Waals surface area contributed by atoms with Crippen molar-refractivity contribution < 1.29 is 9.59 Å². The summed E-state index contributed by atoms with van der Waals surface area (Å²) in [4.78, 5) is 27.3. The zero-order chi connectivity index (χ0) is 16.5. The molecule has 4 heteroatoms. The molecule has 2 amide bonds. The number of likely N-dealkylation sites (tertiary alicyclic amines) is 1. The van der Waals surface area contributed by atoms with Gasteiger partial charge in [-0.15, -0.1) is 0 Å². The number of amides is 2. The van der Waals surface area contributed by atoms with E-state index in [0.29, 0.717) is 12.5 Å². The fourth-order valence-electron chi connectivity index (χ4n) is 3.73. The van der Waals surface area contributed by atoms with Gasteiger partial charge in [-0.2, -0.15) is 0 Å². The molecule has 24 heavy (non-hydrogen) atoms. The molecule has 1 heterocycles. The number of hydrogen-bond acceptors (Lipinski definition) is 2. The van der Waals surface area contributed by atoms with Gasteiger partial charge in [0.1, 0.15) is 0 Å². The summed E-state index contributed by atoms with van der Waals surface area (Å²) < 4.78 is 0. The van der Waals surface area contributed by atoms with Crippen LogP contribution in [0.1, 0.15) is 50.1 Å². The van der Waals surface area contributed by atoms with Crippen molar-refractivity contribution in [2.45, 2.75) is 44.6 Å². The molecular formula is C20H26N2O2. The van der Waals surface area contributed by atoms with Gasteiger partial charge in [0.25, 0.3) is 0 Å². The molecule has 1 aliphatic heterocycles. The minimum absolute atomic E-state index is 0.0496. The highest BCUT2D eigenvalue weighted by Gasteiger charge is 2.41. The van der Waals surface area contributed by atoms with Gasteiger partial charge in [0, 0.05) is 19.0 Å². The first-order valence-corrected chi connectivity index (χ1v) is 9.35. The van der Waals surface area contributed by atoms with Crippen LogP contribution in [-0.4, -0.2) is 29.8 Å². The smallest absolute Gasteiger partial charge is 0.226 e. The quantitative estimate of drug-likeness (QED) is 0.904. The zero-order valence-electron chi connectivity index (χ0n) is 14.1. The Morgan fingerprint density at radius 1 is 0.958 bits per heavy atom. The number of piperidine rings is 1. The second-order valence-electron chi connectivity index (χ2n) is 7.65. The molecule has 0 bridgehead atoms. The molecule has 3 aliphatic rings. The highest BCUT2D eigenvalue weighted by atomic mass is 16.2. The second-order valence-corrected chi connectivity index (χ2v) is 7.65. The molecule has 1 saturated heterocycles. The highest BCUT2D eigenvalue weighted by molar-refractivity contribution is 5.84. The predicted octanol–water partition coefficient (Wildman–Crippen LogP) is 2.90. The van der Waals surface area contributed by atoms with Crippen LogP contribution in [0.3, 0.4) is 0 Å². The molecule has 0 aromatic heterocycles. The van der Waals surface area contributed by atoms with Crippen molar-refractivity contribution in [3.63, 3.8) is 0 Å². The maximum Gasteiger partial charge on any atom is 0.226 e. The van der Waals surface area contributed by atoms with E-state index < -0.39 is 0 Å². The molecule has 1 aromatic carbocycles. The Labute approximate surface area is 143 Å². The molecule has 0 unspecified atom stereocenters. The molecular weight excluding hydrogens is 300 g/mol. The van der Waals surface area contributed by atoms with Crippen LogP contribution in [-0.2, 0) is 9.59 Å². The van der Waals surface area contributed by atoms with Gasteiger partial charge in [-0.05, 0) is 50.0 Å². The maximum atomic E-state index is 12.8. The van der Waals surface area contributed by atoms with E-state index in [4.69, 9.17) is 0 Å². The van der Waals surface area contributed by atoms with Crippen molar-refractivity contribution in [1.82, 2.24) is 10.2 Å². The first-order chi connectivity index (χ1) is 11.7. The highest BCUT2D eigenvalue weighted by Crippen LogP contribution is 2.39. The van der Waals surface area contributed by atoms with Crippen LogP contribution in [0.15, 0.2) is 30.3 Å². The van der Waals surface area contributed by atoms with Gasteiger partial charge >= 0.3 is 0 Å². The summed E-state index contributed by atoms with van der Waals surface area (Å²) in [5.74, 6) is 1.24. The van der Waals surface area contributed by atoms with E-state index in [-0.39, 0.29) is 29.7 Å². The molecule has 4 rings (SSSR count). The van der Waals surface area contributed by atoms with Gasteiger partial charge in [-0.25, -0.2) is 0 Å². The average Bonchev–Trinajstić information content (AvgIpc) is 3.52. The van der Waals surface area contributed by atoms with Crippen molar-refractivity contribution >= 4 is 11.8 Å². The van der Waals surface area contributed by atoms with E-state index in [1.54, 1.807) is 0 Å². The van der Waals surface area contributed by atoms with Gasteiger partial charge in [0.2, 0.25) is 11.8 Å². The number of carbonyl (C=O) groups excluding carboxylic acids is 2. The minimum atomic E-state index is -0.0496. The molecule has 128 valence electrons. The molecule has 0 spiro atoms. The third-order valence-corrected chi connectivity index (χ3v) is 5.61. The third kappa shape index (κ3) is 3.47. The average molecular weight is 326 g/mol. The summed E-state index contributed by atoms with van der Waals surface area (Å²) in [6, 6.07) is 10.4. The molecule has 0 radical (unpaired) electrons. The SMILES string of the molecule is O=C(NCC1CC1)[C@H]1CC[C@H](c2ccccc2)N(C(=O)C2CC2)C1. The number of rotatable bonds is 5. The largest absolute Gasteiger partial charge is 0.356 e. The maximum absolute atomic E-state index is 12.8. The van der Waals surface area contributed by atoms with E-state index in [9.17, 15) is 9.59 Å². The van der Waals surface area contributed by atoms with Crippen LogP contribution in [0.2, 0.25) is 0 Å². The molecule has 4 nitrogen and oxygen atoms in total. The van der Waals surface area contributed by atoms with Gasteiger partial charge in [-0.1, -0.05) is 30.3 Å². The van der Waals surface area contributed by atoms with E-state index in [2.05, 4.69) is 17.4 Å². The Bertz CT molecular complexity index is 607. The van der Waals surface area contributed by atoms with E-state index in [1.165, 1.54) is 18.4 Å². The topological polar surface area (TPSA) is 49.4 Å². The molecule has 3 fully saturated rings. The molecule has 2 atom stereocenters. The summed E-state index contributed by atoms with van der Waals surface area (Å²) in [6.07, 6.45) is 6.25. The van der Waals surface area contributed by atoms with Crippen molar-refractivity contribution in [3.05, 3.63) is 35.9 Å². The molecule has 1 aromatic rings. The summed E-state index contributed by atoms with van der Waals surface area (Å²) in [7, 11) is 0. The standard InChI is InChI=1S/C20H26N2O2/c23-19(21-12-14-6-7-14)17-10-11-18(15-4-2-1-3-5-15)22(13-17)20(24)16-8-9-16/h1-5,14,16-18H,6-13H2,(H,21,23)/t17-,18+/m0/s1. The second kappa shape index (κ2) is 6.58. The van der Waals surface area contributed by atoms with Gasteiger partial charge < -0.3 is 10.2 Å². The number of nitrogens with zero attached hydrogens (tertiary/aromatic N) is 1. The zero-order valence-corrected chi connectivity index (χ0v) is 14.1. The lowest BCUT2D eigenvalue weighted by Crippen LogP contribution is -2.47. The molecule has 2 aliphatic carbocycles. The lowest BCUT2D eigenvalue weighted by molar-refractivity contribution is -0.140. The lowest BCUT2D eigenvalue weighted by Gasteiger charge is -2.39. The number of hydrogen-bond donors (Lipinski definition) is 1. The van der Waals surface area contributed by atoms with E-state index >= 15 is 0 Å². The van der Waals surface area contributed by atoms with Crippen molar-refractivity contribution in [3.8, 4) is 0 Å². The monoisotopic (exact) mass is 326 g/mol. The van der Waals surface area contributed by atoms with Gasteiger partial charge in [0.15, 0.2) is 0 Å². The number of nitrogens with one attached hydrogen (secondary N) is 1. The predicted molar refractivity (Wildman–Crippen MR) is 92.1 cm³/mol. The lowest BCUT2D eigenvalue weighted by atomic mass is 9.88. The Morgan fingerprint density at radius 3 is 2.33 bits per heavy atom. The van der Waals surface area contributed by atoms with Crippen molar-refractivity contribution in [2.24, 2.45) is 17.8 Å². The summed E-state index contributed by atoms with van der Waals surface area (Å²) in [6.45, 7) is 1.39. The first-order valence-electron chi connectivity index (χ1n) is 9.35. The van der Waals surface area contributed by atoms with Gasteiger partial charge in [0.05, 0.1) is 12.0 Å². The Kier molecular flexibility index (Phi) is 4.30. The van der Waals surface area contributed by atoms with Crippen LogP contribution < -0.4 is 5.32 Å². The summed E-state index contributed by atoms with van der Waals surface area (Å²) >= 11 is 0. The normalized spacial score (nSPS) is 26.9. The number of carbonyl (C=O) groups is 2. The third-order valence-electron chi connectivity index (χ3n) is 5.61. The Morgan fingerprint density at radius 2 is 1.67 bits per heavy atom. The van der Waals surface area contributed by atoms with Crippen molar-refractivity contribution in [2.75, 3.05) is 13.1 Å². The minimum Gasteiger partial charge on any atom is -0.356 e.